The number of carbonyl (C=O) groups excluding carboxylic acids is 6. The van der Waals surface area contributed by atoms with Crippen molar-refractivity contribution in [2.75, 3.05) is 73.4 Å². The molecule has 0 saturated heterocycles. The Morgan fingerprint density at radius 1 is 0.340 bits per heavy atom. The molecule has 0 bridgehead atoms. The minimum Gasteiger partial charge on any atom is -0.495 e. The van der Waals surface area contributed by atoms with E-state index in [1.807, 2.05) is 189 Å². The Morgan fingerprint density at radius 2 is 0.653 bits per heavy atom. The number of hydrogen-bond acceptors (Lipinski definition) is 16. The van der Waals surface area contributed by atoms with Crippen LogP contribution in [-0.4, -0.2) is 175 Å². The number of aryl methyl sites for hydroxylation is 1. The van der Waals surface area contributed by atoms with Crippen LogP contribution in [0, 0.1) is 0 Å². The van der Waals surface area contributed by atoms with Crippen LogP contribution < -0.4 is 29.4 Å². The number of carbonyl (C=O) groups is 8. The van der Waals surface area contributed by atoms with Gasteiger partial charge in [-0.2, -0.15) is 0 Å². The van der Waals surface area contributed by atoms with Crippen molar-refractivity contribution in [2.45, 2.75) is 133 Å². The zero-order chi connectivity index (χ0) is 99.6. The molecule has 5 amide bonds. The van der Waals surface area contributed by atoms with Gasteiger partial charge in [0.2, 0.25) is 37.2 Å². The van der Waals surface area contributed by atoms with E-state index in [9.17, 15) is 38.4 Å². The number of amides is 5. The topological polar surface area (TPSA) is 363 Å². The molecule has 29 heteroatoms. The molecule has 5 aromatic heterocycles. The van der Waals surface area contributed by atoms with E-state index in [1.165, 1.54) is 63.6 Å². The van der Waals surface area contributed by atoms with Gasteiger partial charge in [0.1, 0.15) is 11.8 Å². The molecule has 0 spiro atoms. The van der Waals surface area contributed by atoms with E-state index in [4.69, 9.17) is 56.0 Å². The number of hydrogen-bond donors (Lipinski definition) is 8. The Labute approximate surface area is 836 Å². The van der Waals surface area contributed by atoms with Crippen molar-refractivity contribution in [1.29, 1.82) is 0 Å². The second kappa shape index (κ2) is 43.5. The number of carboxylic acids is 2. The molecule has 5 atom stereocenters. The standard InChI is InChI=1S/C27H25N3O3.C23H23ClN2O4.C23H22N2O5.C23H24N2O3.C19H18N2O2/c28-21-7-3-1-5-17(21)10-12-25(31)30-14-13-20-19-6-2-4-8-22(19)29-26(20)27(30)18-9-11-23-24(15-18)33-16-32-23;1-30-19-10-9-14(13-17(19)24)23-22-16(15-5-2-3-6-18(15)25-22)11-12-26(23)20(27)7-4-8-21(28)29;26-20(6-3-7-21(27)28)25-11-10-16-15-4-1-2-5-17(15)24-22(16)23(25)14-8-9-18-19(12-14)30-13-29-18;1-28-21(27)13-7-12-20(26)25-15-14-18-17-10-5-6-11-19(17)24-22(18)23(25)16-8-3-2-4-9-16;1-23-19(22)21-12-11-15-14-9-5-6-10-16(14)20-17(15)18(21)13-7-3-2-4-8-13/h1-9,11,15,27,29H,10,12-14,16,28H2;2-3,5-6,9-10,13,23,25H,4,7-8,11-12H2,1H3,(H,28,29);1-2,4-5,8-9,12,23-24H,3,6-7,10-11,13H2,(H,27,28);2-6,8-11,23-24H,7,12-15H2,1H3;2-10,18,20H,11-12H2,1H3. The van der Waals surface area contributed by atoms with Gasteiger partial charge in [0.15, 0.2) is 23.0 Å². The second-order valence-electron chi connectivity index (χ2n) is 36.7. The van der Waals surface area contributed by atoms with Crippen molar-refractivity contribution in [2.24, 2.45) is 0 Å². The Bertz CT molecular complexity index is 7470. The number of nitrogens with zero attached hydrogens (tertiary/aromatic N) is 5. The van der Waals surface area contributed by atoms with Crippen LogP contribution in [0.4, 0.5) is 10.5 Å². The fourth-order valence-electron chi connectivity index (χ4n) is 21.5. The van der Waals surface area contributed by atoms with Gasteiger partial charge in [-0.25, -0.2) is 4.79 Å². The number of aromatic nitrogens is 5. The normalized spacial score (nSPS) is 16.6. The average molecular weight is 1960 g/mol. The molecule has 736 valence electrons. The first-order valence-corrected chi connectivity index (χ1v) is 49.2. The Kier molecular flexibility index (Phi) is 29.2. The number of nitrogens with two attached hydrogens (primary N) is 1. The quantitative estimate of drug-likeness (QED) is 0.0245. The summed E-state index contributed by atoms with van der Waals surface area (Å²) in [7, 11) is 4.37. The van der Waals surface area contributed by atoms with Gasteiger partial charge in [0.05, 0.1) is 50.5 Å². The molecular weight excluding hydrogens is 1840 g/mol. The number of nitrogen functional groups attached to an aromatic ring is 1. The lowest BCUT2D eigenvalue weighted by molar-refractivity contribution is -0.141. The summed E-state index contributed by atoms with van der Waals surface area (Å²) in [5.41, 5.74) is 29.8. The maximum atomic E-state index is 13.5. The number of ether oxygens (including phenoxy) is 7. The lowest BCUT2D eigenvalue weighted by Crippen LogP contribution is -2.40. The Morgan fingerprint density at radius 3 is 1.01 bits per heavy atom. The van der Waals surface area contributed by atoms with E-state index >= 15 is 0 Å². The fourth-order valence-corrected chi connectivity index (χ4v) is 21.7. The summed E-state index contributed by atoms with van der Waals surface area (Å²) >= 11 is 6.40. The van der Waals surface area contributed by atoms with Gasteiger partial charge in [-0.3, -0.25) is 38.5 Å². The van der Waals surface area contributed by atoms with Crippen LogP contribution in [0.25, 0.3) is 54.5 Å². The number of halogens is 1. The number of methoxy groups -OCH3 is 3. The SMILES string of the molecule is COC(=O)CCCC(=O)N1CCc2c([nH]c3ccccc23)C1c1ccccc1.COC(=O)N1CCc2c([nH]c3ccccc23)C1c1ccccc1.COc1ccc(C2c3[nH]c4ccccc4c3CCN2C(=O)CCCC(=O)O)cc1Cl.Nc1ccccc1CCC(=O)N1CCc2c([nH]c3ccccc23)C1c1ccc2c(c1)OCO2.O=C(O)CCCC(=O)N1CCc2c([nH]c3ccccc23)C1c1ccc2c(c1)OCO2. The number of aromatic amines is 5. The molecule has 9 N–H and O–H groups in total. The number of para-hydroxylation sites is 6. The van der Waals surface area contributed by atoms with Crippen molar-refractivity contribution in [3.05, 3.63) is 356 Å². The minimum absolute atomic E-state index is 0.00803. The van der Waals surface area contributed by atoms with Gasteiger partial charge in [-0.15, -0.1) is 0 Å². The van der Waals surface area contributed by atoms with E-state index < -0.39 is 11.9 Å². The summed E-state index contributed by atoms with van der Waals surface area (Å²) in [5, 5.41) is 24.3. The van der Waals surface area contributed by atoms with Crippen molar-refractivity contribution >= 4 is 119 Å². The predicted molar refractivity (Wildman–Crippen MR) is 549 cm³/mol. The Hall–Kier alpha value is -16.2. The molecule has 11 aromatic carbocycles. The lowest BCUT2D eigenvalue weighted by atomic mass is 9.91. The third-order valence-electron chi connectivity index (χ3n) is 28.2. The maximum absolute atomic E-state index is 13.5. The maximum Gasteiger partial charge on any atom is 0.410 e. The van der Waals surface area contributed by atoms with Gasteiger partial charge in [0, 0.05) is 166 Å². The summed E-state index contributed by atoms with van der Waals surface area (Å²) < 4.78 is 37.1. The highest BCUT2D eigenvalue weighted by Gasteiger charge is 2.42. The first-order chi connectivity index (χ1) is 70.3. The first-order valence-electron chi connectivity index (χ1n) is 48.8. The van der Waals surface area contributed by atoms with Crippen LogP contribution >= 0.6 is 11.6 Å². The number of benzene rings is 11. The Balaban J connectivity index is 0.000000114. The molecule has 28 nitrogen and oxygen atoms in total. The van der Waals surface area contributed by atoms with Gasteiger partial charge < -0.3 is 93.6 Å². The molecule has 0 aliphatic carbocycles. The van der Waals surface area contributed by atoms with Crippen LogP contribution in [-0.2, 0) is 81.6 Å². The monoisotopic (exact) mass is 1950 g/mol. The van der Waals surface area contributed by atoms with E-state index in [0.29, 0.717) is 93.5 Å². The third-order valence-corrected chi connectivity index (χ3v) is 28.5. The van der Waals surface area contributed by atoms with Gasteiger partial charge >= 0.3 is 24.0 Å². The fraction of sp³-hybridized carbons (Fsp3) is 0.270. The van der Waals surface area contributed by atoms with E-state index in [-0.39, 0.29) is 112 Å². The van der Waals surface area contributed by atoms with Crippen molar-refractivity contribution in [3.63, 3.8) is 0 Å². The van der Waals surface area contributed by atoms with Crippen molar-refractivity contribution in [1.82, 2.24) is 49.4 Å². The van der Waals surface area contributed by atoms with Crippen molar-refractivity contribution in [3.8, 4) is 28.7 Å². The lowest BCUT2D eigenvalue weighted by Gasteiger charge is -2.36. The second-order valence-corrected chi connectivity index (χ2v) is 37.1. The number of nitrogens with one attached hydrogen (secondary N) is 5. The van der Waals surface area contributed by atoms with Crippen LogP contribution in [0.1, 0.15) is 184 Å². The van der Waals surface area contributed by atoms with Crippen LogP contribution in [0.2, 0.25) is 5.02 Å². The number of anilines is 1. The first kappa shape index (κ1) is 96.6. The van der Waals surface area contributed by atoms with Gasteiger partial charge in [-0.05, 0) is 192 Å². The summed E-state index contributed by atoms with van der Waals surface area (Å²) in [4.78, 5) is 125. The number of carboxylic acid groups (broad SMARTS) is 2. The average Bonchev–Trinajstić information content (AvgIpc) is 1.61. The molecule has 16 aromatic rings. The number of aliphatic carboxylic acids is 2. The van der Waals surface area contributed by atoms with Crippen LogP contribution in [0.15, 0.2) is 261 Å². The van der Waals surface area contributed by atoms with E-state index in [0.717, 1.165) is 144 Å². The molecule has 7 aliphatic heterocycles. The molecule has 0 radical (unpaired) electrons. The molecule has 7 aliphatic rings. The number of fused-ring (bicyclic) bond motifs is 17. The van der Waals surface area contributed by atoms with Crippen molar-refractivity contribution < 1.29 is 81.7 Å². The summed E-state index contributed by atoms with van der Waals surface area (Å²) in [6, 6.07) is 85.5. The summed E-state index contributed by atoms with van der Waals surface area (Å²) in [6.07, 6.45) is 6.86. The highest BCUT2D eigenvalue weighted by atomic mass is 35.5. The van der Waals surface area contributed by atoms with Gasteiger partial charge in [-0.1, -0.05) is 200 Å². The zero-order valence-electron chi connectivity index (χ0n) is 80.2. The molecular formula is C115H112ClN11O17. The predicted octanol–water partition coefficient (Wildman–Crippen LogP) is 20.6. The molecule has 23 rings (SSSR count). The highest BCUT2D eigenvalue weighted by molar-refractivity contribution is 6.32. The highest BCUT2D eigenvalue weighted by Crippen LogP contribution is 2.48. The largest absolute Gasteiger partial charge is 0.495 e. The van der Waals surface area contributed by atoms with E-state index in [1.54, 1.807) is 12.0 Å². The summed E-state index contributed by atoms with van der Waals surface area (Å²) in [6.45, 7) is 3.56. The zero-order valence-corrected chi connectivity index (χ0v) is 80.9. The molecule has 5 unspecified atom stereocenters. The third kappa shape index (κ3) is 20.3. The van der Waals surface area contributed by atoms with E-state index in [2.05, 4.69) is 121 Å². The molecule has 12 heterocycles. The number of rotatable bonds is 21. The summed E-state index contributed by atoms with van der Waals surface area (Å²) in [5.74, 6) is 1.46. The van der Waals surface area contributed by atoms with Crippen LogP contribution in [0.5, 0.6) is 28.7 Å². The van der Waals surface area contributed by atoms with Gasteiger partial charge in [0.25, 0.3) is 0 Å². The minimum atomic E-state index is -0.891. The number of esters is 1. The number of H-pyrrole nitrogens is 5. The molecule has 0 fully saturated rings. The van der Waals surface area contributed by atoms with Crippen LogP contribution in [0.3, 0.4) is 0 Å². The molecule has 0 saturated carbocycles. The smallest absolute Gasteiger partial charge is 0.410 e. The molecule has 144 heavy (non-hydrogen) atoms.